The fraction of sp³-hybridized carbons (Fsp3) is 0.400. The molecule has 1 aromatic rings. The zero-order chi connectivity index (χ0) is 6.15. The lowest BCUT2D eigenvalue weighted by Crippen LogP contribution is -2.04. The van der Waals surface area contributed by atoms with Crippen molar-refractivity contribution in [1.29, 1.82) is 0 Å². The summed E-state index contributed by atoms with van der Waals surface area (Å²) in [7, 11) is 7.21. The molecular formula is C5H7BN2. The summed E-state index contributed by atoms with van der Waals surface area (Å²) in [6.45, 7) is 1.96. The van der Waals surface area contributed by atoms with Gasteiger partial charge < -0.3 is 0 Å². The van der Waals surface area contributed by atoms with Crippen molar-refractivity contribution in [1.82, 2.24) is 9.78 Å². The van der Waals surface area contributed by atoms with Gasteiger partial charge in [0.15, 0.2) is 0 Å². The van der Waals surface area contributed by atoms with Gasteiger partial charge in [0.25, 0.3) is 0 Å². The van der Waals surface area contributed by atoms with Crippen molar-refractivity contribution in [2.75, 3.05) is 0 Å². The monoisotopic (exact) mass is 106 g/mol. The second-order valence-corrected chi connectivity index (χ2v) is 1.83. The van der Waals surface area contributed by atoms with Crippen molar-refractivity contribution >= 4 is 13.4 Å². The van der Waals surface area contributed by atoms with Gasteiger partial charge in [-0.2, -0.15) is 5.10 Å². The lowest BCUT2D eigenvalue weighted by atomic mass is 10.1. The number of hydrogen-bond donors (Lipinski definition) is 0. The predicted octanol–water partition coefficient (Wildman–Crippen LogP) is -0.478. The first-order valence-electron chi connectivity index (χ1n) is 2.46. The molecule has 8 heavy (non-hydrogen) atoms. The van der Waals surface area contributed by atoms with Gasteiger partial charge in [-0.25, -0.2) is 0 Å². The van der Waals surface area contributed by atoms with Crippen LogP contribution in [-0.4, -0.2) is 17.6 Å². The standard InChI is InChI=1S/C5H7BN2/c1-4-3-5(6)7-8(4)2/h3H,1-2H3. The van der Waals surface area contributed by atoms with E-state index in [1.165, 1.54) is 0 Å². The minimum atomic E-state index is 0.588. The maximum absolute atomic E-state index is 5.35. The van der Waals surface area contributed by atoms with Crippen LogP contribution in [0.5, 0.6) is 0 Å². The average Bonchev–Trinajstić information content (AvgIpc) is 1.85. The second kappa shape index (κ2) is 1.65. The fourth-order valence-corrected chi connectivity index (χ4v) is 0.588. The van der Waals surface area contributed by atoms with Crippen LogP contribution in [0.2, 0.25) is 0 Å². The van der Waals surface area contributed by atoms with E-state index in [9.17, 15) is 0 Å². The number of nitrogens with zero attached hydrogens (tertiary/aromatic N) is 2. The third-order valence-corrected chi connectivity index (χ3v) is 1.13. The number of hydrogen-bond acceptors (Lipinski definition) is 1. The Labute approximate surface area is 49.9 Å². The molecule has 0 aliphatic heterocycles. The van der Waals surface area contributed by atoms with Crippen LogP contribution >= 0.6 is 0 Å². The van der Waals surface area contributed by atoms with Crippen LogP contribution in [0.4, 0.5) is 0 Å². The Morgan fingerprint density at radius 1 is 1.75 bits per heavy atom. The van der Waals surface area contributed by atoms with Crippen molar-refractivity contribution in [2.24, 2.45) is 7.05 Å². The summed E-state index contributed by atoms with van der Waals surface area (Å²) in [5.74, 6) is 0. The maximum atomic E-state index is 5.35. The molecule has 3 heteroatoms. The molecule has 0 unspecified atom stereocenters. The van der Waals surface area contributed by atoms with Gasteiger partial charge in [0.1, 0.15) is 7.85 Å². The maximum Gasteiger partial charge on any atom is 0.144 e. The van der Waals surface area contributed by atoms with E-state index in [0.29, 0.717) is 5.59 Å². The topological polar surface area (TPSA) is 17.8 Å². The molecule has 0 bridgehead atoms. The largest absolute Gasteiger partial charge is 0.274 e. The van der Waals surface area contributed by atoms with Crippen molar-refractivity contribution in [3.63, 3.8) is 0 Å². The molecule has 0 saturated carbocycles. The van der Waals surface area contributed by atoms with E-state index in [4.69, 9.17) is 7.85 Å². The van der Waals surface area contributed by atoms with Gasteiger partial charge in [-0.15, -0.1) is 0 Å². The Bertz CT molecular complexity index is 173. The fourth-order valence-electron chi connectivity index (χ4n) is 0.588. The van der Waals surface area contributed by atoms with E-state index >= 15 is 0 Å². The van der Waals surface area contributed by atoms with Crippen molar-refractivity contribution in [3.05, 3.63) is 11.8 Å². The SMILES string of the molecule is [B]c1cc(C)n(C)n1. The van der Waals surface area contributed by atoms with Crippen LogP contribution < -0.4 is 5.59 Å². The third kappa shape index (κ3) is 0.758. The minimum absolute atomic E-state index is 0.588. The van der Waals surface area contributed by atoms with Crippen LogP contribution in [0.15, 0.2) is 6.07 Å². The first-order valence-corrected chi connectivity index (χ1v) is 2.46. The Hall–Kier alpha value is -0.725. The predicted molar refractivity (Wildman–Crippen MR) is 33.3 cm³/mol. The molecule has 0 atom stereocenters. The van der Waals surface area contributed by atoms with Gasteiger partial charge in [0.05, 0.1) is 0 Å². The lowest BCUT2D eigenvalue weighted by Gasteiger charge is -1.87. The normalized spacial score (nSPS) is 9.75. The highest BCUT2D eigenvalue weighted by Crippen LogP contribution is 1.86. The Morgan fingerprint density at radius 2 is 2.38 bits per heavy atom. The summed E-state index contributed by atoms with van der Waals surface area (Å²) in [5.41, 5.74) is 1.67. The summed E-state index contributed by atoms with van der Waals surface area (Å²) < 4.78 is 1.75. The molecule has 1 aromatic heterocycles. The highest BCUT2D eigenvalue weighted by atomic mass is 15.3. The molecule has 2 nitrogen and oxygen atoms in total. The minimum Gasteiger partial charge on any atom is -0.274 e. The molecular weight excluding hydrogens is 98.9 g/mol. The van der Waals surface area contributed by atoms with Crippen molar-refractivity contribution in [2.45, 2.75) is 6.92 Å². The second-order valence-electron chi connectivity index (χ2n) is 1.83. The molecule has 0 spiro atoms. The zero-order valence-electron chi connectivity index (χ0n) is 5.05. The highest BCUT2D eigenvalue weighted by Gasteiger charge is 1.91. The van der Waals surface area contributed by atoms with Gasteiger partial charge in [0.2, 0.25) is 0 Å². The molecule has 2 radical (unpaired) electrons. The number of aromatic nitrogens is 2. The van der Waals surface area contributed by atoms with E-state index < -0.39 is 0 Å². The molecule has 0 aliphatic rings. The van der Waals surface area contributed by atoms with E-state index in [1.807, 2.05) is 20.0 Å². The van der Waals surface area contributed by atoms with E-state index in [2.05, 4.69) is 5.10 Å². The van der Waals surface area contributed by atoms with Crippen LogP contribution in [-0.2, 0) is 7.05 Å². The number of rotatable bonds is 0. The average molecular weight is 106 g/mol. The molecule has 0 aliphatic carbocycles. The lowest BCUT2D eigenvalue weighted by molar-refractivity contribution is 0.747. The van der Waals surface area contributed by atoms with Gasteiger partial charge in [-0.1, -0.05) is 0 Å². The summed E-state index contributed by atoms with van der Waals surface area (Å²) in [5, 5.41) is 3.91. The van der Waals surface area contributed by atoms with E-state index in [1.54, 1.807) is 4.68 Å². The van der Waals surface area contributed by atoms with Gasteiger partial charge in [0, 0.05) is 18.3 Å². The molecule has 0 saturated heterocycles. The third-order valence-electron chi connectivity index (χ3n) is 1.13. The molecule has 0 amide bonds. The Kier molecular flexibility index (Phi) is 1.12. The van der Waals surface area contributed by atoms with E-state index in [-0.39, 0.29) is 0 Å². The van der Waals surface area contributed by atoms with Gasteiger partial charge in [-0.3, -0.25) is 4.68 Å². The van der Waals surface area contributed by atoms with Crippen LogP contribution in [0.1, 0.15) is 5.69 Å². The summed E-state index contributed by atoms with van der Waals surface area (Å²) in [6, 6.07) is 1.83. The first kappa shape index (κ1) is 5.41. The molecule has 0 fully saturated rings. The molecule has 0 N–H and O–H groups in total. The van der Waals surface area contributed by atoms with Gasteiger partial charge in [-0.05, 0) is 13.0 Å². The molecule has 1 heterocycles. The smallest absolute Gasteiger partial charge is 0.144 e. The van der Waals surface area contributed by atoms with Crippen LogP contribution in [0.3, 0.4) is 0 Å². The van der Waals surface area contributed by atoms with E-state index in [0.717, 1.165) is 5.69 Å². The Balaban J connectivity index is 3.14. The highest BCUT2D eigenvalue weighted by molar-refractivity contribution is 6.30. The van der Waals surface area contributed by atoms with Crippen molar-refractivity contribution in [3.8, 4) is 0 Å². The molecule has 40 valence electrons. The van der Waals surface area contributed by atoms with Crippen LogP contribution in [0.25, 0.3) is 0 Å². The summed E-state index contributed by atoms with van der Waals surface area (Å²) in [4.78, 5) is 0. The van der Waals surface area contributed by atoms with Crippen LogP contribution in [0, 0.1) is 6.92 Å². The first-order chi connectivity index (χ1) is 3.70. The number of aryl methyl sites for hydroxylation is 2. The summed E-state index contributed by atoms with van der Waals surface area (Å²) in [6.07, 6.45) is 0. The van der Waals surface area contributed by atoms with Gasteiger partial charge >= 0.3 is 0 Å². The quantitative estimate of drug-likeness (QED) is 0.408. The molecule has 0 aromatic carbocycles. The Morgan fingerprint density at radius 3 is 2.50 bits per heavy atom. The zero-order valence-corrected chi connectivity index (χ0v) is 5.05. The van der Waals surface area contributed by atoms with Crippen molar-refractivity contribution < 1.29 is 0 Å². The molecule has 1 rings (SSSR count). The summed E-state index contributed by atoms with van der Waals surface area (Å²) >= 11 is 0.